The van der Waals surface area contributed by atoms with E-state index in [0.29, 0.717) is 31.4 Å². The first-order valence-corrected chi connectivity index (χ1v) is 15.9. The van der Waals surface area contributed by atoms with Gasteiger partial charge >= 0.3 is 23.9 Å². The smallest absolute Gasteiger partial charge is 0.312 e. The summed E-state index contributed by atoms with van der Waals surface area (Å²) in [6.07, 6.45) is -3.63. The first-order valence-electron chi connectivity index (χ1n) is 15.9. The topological polar surface area (TPSA) is 259 Å². The number of nitrogens with one attached hydrogen (secondary N) is 2. The van der Waals surface area contributed by atoms with Crippen LogP contribution in [0, 0.1) is 0 Å². The fraction of sp³-hybridized carbons (Fsp3) is 0.562. The van der Waals surface area contributed by atoms with Gasteiger partial charge in [0.2, 0.25) is 11.8 Å². The molecular weight excluding hydrogens is 650 g/mol. The van der Waals surface area contributed by atoms with Gasteiger partial charge in [0.25, 0.3) is 0 Å². The molecule has 49 heavy (non-hydrogen) atoms. The van der Waals surface area contributed by atoms with E-state index in [9.17, 15) is 44.1 Å². The van der Waals surface area contributed by atoms with Gasteiger partial charge in [-0.05, 0) is 50.6 Å². The normalized spacial score (nSPS) is 26.1. The van der Waals surface area contributed by atoms with Crippen LogP contribution in [0.5, 0.6) is 11.5 Å². The van der Waals surface area contributed by atoms with Crippen molar-refractivity contribution in [2.45, 2.75) is 86.7 Å². The summed E-state index contributed by atoms with van der Waals surface area (Å²) in [5.41, 5.74) is -0.859. The average molecular weight is 690 g/mol. The Morgan fingerprint density at radius 3 is 2.20 bits per heavy atom. The molecule has 2 aliphatic heterocycles. The third-order valence-electron chi connectivity index (χ3n) is 9.66. The number of carboxylic acid groups (broad SMARTS) is 2. The molecule has 2 aliphatic carbocycles. The Morgan fingerprint density at radius 2 is 1.59 bits per heavy atom. The molecule has 7 N–H and O–H groups in total. The van der Waals surface area contributed by atoms with Gasteiger partial charge in [-0.3, -0.25) is 33.7 Å². The maximum absolute atomic E-state index is 13.5. The van der Waals surface area contributed by atoms with E-state index in [-0.39, 0.29) is 55.7 Å². The van der Waals surface area contributed by atoms with Gasteiger partial charge in [0, 0.05) is 25.1 Å². The highest BCUT2D eigenvalue weighted by Gasteiger charge is 2.73. The number of hydrogen-bond acceptors (Lipinski definition) is 13. The third-order valence-corrected chi connectivity index (χ3v) is 9.66. The molecule has 1 aromatic carbocycles. The molecule has 1 aromatic rings. The molecule has 266 valence electrons. The highest BCUT2D eigenvalue weighted by atomic mass is 16.6. The summed E-state index contributed by atoms with van der Waals surface area (Å²) in [7, 11) is 1.92. The van der Waals surface area contributed by atoms with E-state index >= 15 is 0 Å². The number of phenols is 1. The Morgan fingerprint density at radius 1 is 0.980 bits per heavy atom. The monoisotopic (exact) mass is 689 g/mol. The highest BCUT2D eigenvalue weighted by Crippen LogP contribution is 2.66. The third kappa shape index (κ3) is 6.65. The zero-order chi connectivity index (χ0) is 35.7. The van der Waals surface area contributed by atoms with Gasteiger partial charge in [0.15, 0.2) is 17.6 Å². The summed E-state index contributed by atoms with van der Waals surface area (Å²) in [4.78, 5) is 74.3. The molecule has 17 heteroatoms. The second-order valence-electron chi connectivity index (χ2n) is 12.7. The fourth-order valence-electron chi connectivity index (χ4n) is 7.63. The number of likely N-dealkylation sites (N-methyl/N-ethyl adjacent to an activating group) is 1. The van der Waals surface area contributed by atoms with E-state index in [2.05, 4.69) is 15.5 Å². The van der Waals surface area contributed by atoms with Crippen molar-refractivity contribution in [1.82, 2.24) is 15.5 Å². The predicted molar refractivity (Wildman–Crippen MR) is 163 cm³/mol. The number of likely N-dealkylation sites (tertiary alicyclic amines) is 1. The SMILES string of the molecule is CN1CCC[C@]23c4c5ccc(O)c4O[C@H]2C(OC(=O)CCNC(=O)[C@@H](O)CC(=O)O)=CC[C@@]3(OC(=O)CCNC(=O)[C@@H](O)CC(=O)O)[C@H]1C5. The lowest BCUT2D eigenvalue weighted by Gasteiger charge is -2.58. The van der Waals surface area contributed by atoms with Gasteiger partial charge in [0.05, 0.1) is 37.1 Å². The molecule has 2 bridgehead atoms. The molecule has 0 unspecified atom stereocenters. The molecule has 0 aromatic heterocycles. The molecule has 0 radical (unpaired) electrons. The van der Waals surface area contributed by atoms with Gasteiger partial charge < -0.3 is 50.4 Å². The van der Waals surface area contributed by atoms with Gasteiger partial charge in [-0.2, -0.15) is 0 Å². The Kier molecular flexibility index (Phi) is 10.2. The highest BCUT2D eigenvalue weighted by molar-refractivity contribution is 5.86. The molecule has 4 aliphatic rings. The number of hydrogen-bond donors (Lipinski definition) is 7. The molecule has 1 saturated heterocycles. The minimum Gasteiger partial charge on any atom is -0.504 e. The standard InChI is InChI=1S/C32H39N3O14/c1-35-12-2-8-31-26-16-3-4-17(36)27(26)48-28(31)20(47-24(43)6-10-33-29(45)18(37)14-22(39)40)5-9-32(31,21(35)13-16)49-25(44)7-11-34-30(46)19(38)15-23(41)42/h3-5,18-19,21,28,36-38H,2,6-15H2,1H3,(H,33,45)(H,34,46)(H,39,40)(H,41,42)/t18-,19-,21+,28-,31-,32+/m0/s1. The van der Waals surface area contributed by atoms with Crippen molar-refractivity contribution in [3.63, 3.8) is 0 Å². The Balaban J connectivity index is 1.40. The molecule has 2 amide bonds. The van der Waals surface area contributed by atoms with Crippen molar-refractivity contribution in [3.8, 4) is 11.5 Å². The lowest BCUT2D eigenvalue weighted by molar-refractivity contribution is -0.191. The maximum Gasteiger partial charge on any atom is 0.312 e. The quantitative estimate of drug-likeness (QED) is 0.114. The van der Waals surface area contributed by atoms with Crippen LogP contribution < -0.4 is 15.4 Å². The molecule has 17 nitrogen and oxygen atoms in total. The van der Waals surface area contributed by atoms with Gasteiger partial charge in [-0.25, -0.2) is 0 Å². The Bertz CT molecular complexity index is 1580. The number of ether oxygens (including phenoxy) is 3. The van der Waals surface area contributed by atoms with Gasteiger partial charge in [-0.1, -0.05) is 6.07 Å². The predicted octanol–water partition coefficient (Wildman–Crippen LogP) is -1.16. The second kappa shape index (κ2) is 14.0. The number of aliphatic carboxylic acids is 2. The van der Waals surface area contributed by atoms with E-state index in [1.165, 1.54) is 6.07 Å². The maximum atomic E-state index is 13.5. The number of nitrogens with zero attached hydrogens (tertiary/aromatic N) is 1. The number of carbonyl (C=O) groups is 6. The summed E-state index contributed by atoms with van der Waals surface area (Å²) in [5.74, 6) is -5.90. The number of carbonyl (C=O) groups excluding carboxylic acids is 4. The van der Waals surface area contributed by atoms with Crippen molar-refractivity contribution in [2.24, 2.45) is 0 Å². The van der Waals surface area contributed by atoms with Gasteiger partial charge in [0.1, 0.15) is 23.6 Å². The number of rotatable bonds is 14. The van der Waals surface area contributed by atoms with Crippen molar-refractivity contribution in [1.29, 1.82) is 0 Å². The van der Waals surface area contributed by atoms with E-state index in [4.69, 9.17) is 24.4 Å². The molecule has 2 heterocycles. The zero-order valence-corrected chi connectivity index (χ0v) is 26.7. The molecule has 5 rings (SSSR count). The number of esters is 2. The first-order chi connectivity index (χ1) is 23.2. The van der Waals surface area contributed by atoms with E-state index < -0.39 is 77.9 Å². The van der Waals surface area contributed by atoms with E-state index in [1.807, 2.05) is 7.05 Å². The lowest BCUT2D eigenvalue weighted by Crippen LogP contribution is -2.71. The van der Waals surface area contributed by atoms with Gasteiger partial charge in [-0.15, -0.1) is 0 Å². The Labute approximate surface area is 279 Å². The van der Waals surface area contributed by atoms with Crippen LogP contribution in [0.4, 0.5) is 0 Å². The minimum absolute atomic E-state index is 0.0898. The van der Waals surface area contributed by atoms with Crippen molar-refractivity contribution < 1.29 is 68.5 Å². The van der Waals surface area contributed by atoms with Crippen LogP contribution in [0.1, 0.15) is 56.1 Å². The largest absolute Gasteiger partial charge is 0.504 e. The molecule has 6 atom stereocenters. The van der Waals surface area contributed by atoms with Crippen LogP contribution in [-0.2, 0) is 50.1 Å². The van der Waals surface area contributed by atoms with Crippen LogP contribution in [0.3, 0.4) is 0 Å². The Hall–Kier alpha value is -4.74. The number of amides is 2. The van der Waals surface area contributed by atoms with Crippen LogP contribution in [0.2, 0.25) is 0 Å². The lowest BCUT2D eigenvalue weighted by atomic mass is 9.52. The number of phenolic OH excluding ortho intramolecular Hbond substituents is 1. The van der Waals surface area contributed by atoms with Crippen molar-refractivity contribution in [3.05, 3.63) is 35.1 Å². The van der Waals surface area contributed by atoms with Crippen LogP contribution in [0.15, 0.2) is 24.0 Å². The number of carboxylic acids is 2. The van der Waals surface area contributed by atoms with Crippen LogP contribution in [0.25, 0.3) is 0 Å². The first kappa shape index (κ1) is 35.6. The van der Waals surface area contributed by atoms with E-state index in [0.717, 1.165) is 5.56 Å². The number of aromatic hydroxyl groups is 1. The summed E-state index contributed by atoms with van der Waals surface area (Å²) in [6, 6.07) is 2.94. The summed E-state index contributed by atoms with van der Waals surface area (Å²) in [5, 5.41) is 52.6. The van der Waals surface area contributed by atoms with Crippen LogP contribution in [-0.4, -0.2) is 123 Å². The number of aliphatic hydroxyl groups excluding tert-OH is 2. The molecule has 1 fully saturated rings. The second-order valence-corrected chi connectivity index (χ2v) is 12.7. The summed E-state index contributed by atoms with van der Waals surface area (Å²) in [6.45, 7) is 0.151. The molecular formula is C32H39N3O14. The number of benzene rings is 1. The van der Waals surface area contributed by atoms with E-state index in [1.54, 1.807) is 12.1 Å². The molecule has 0 saturated carbocycles. The number of aliphatic hydroxyl groups is 2. The van der Waals surface area contributed by atoms with Crippen LogP contribution >= 0.6 is 0 Å². The zero-order valence-electron chi connectivity index (χ0n) is 26.7. The molecule has 1 spiro atoms. The summed E-state index contributed by atoms with van der Waals surface area (Å²) >= 11 is 0. The fourth-order valence-corrected chi connectivity index (χ4v) is 7.63. The van der Waals surface area contributed by atoms with Crippen molar-refractivity contribution >= 4 is 35.7 Å². The average Bonchev–Trinajstić information content (AvgIpc) is 3.36. The van der Waals surface area contributed by atoms with Crippen molar-refractivity contribution in [2.75, 3.05) is 26.7 Å². The summed E-state index contributed by atoms with van der Waals surface area (Å²) < 4.78 is 18.6. The minimum atomic E-state index is -1.79.